The Morgan fingerprint density at radius 1 is 0.944 bits per heavy atom. The number of hydrogen-bond donors (Lipinski definition) is 1. The number of aliphatic hydroxyl groups is 1. The summed E-state index contributed by atoms with van der Waals surface area (Å²) in [6.07, 6.45) is 9.37. The average molecular weight is 319 g/mol. The molecule has 7 heteroatoms. The van der Waals surface area contributed by atoms with Gasteiger partial charge in [0.05, 0.1) is 0 Å². The zero-order chi connectivity index (χ0) is 13.1. The molecular formula is C11H20BrLiO5. The first-order valence-electron chi connectivity index (χ1n) is 4.27. The first kappa shape index (κ1) is 30.8. The predicted octanol–water partition coefficient (Wildman–Crippen LogP) is -5.90. The molecule has 102 valence electrons. The van der Waals surface area contributed by atoms with Gasteiger partial charge in [-0.25, -0.2) is 0 Å². The van der Waals surface area contributed by atoms with Gasteiger partial charge in [-0.15, -0.1) is 12.8 Å². The van der Waals surface area contributed by atoms with Crippen LogP contribution in [0.5, 0.6) is 0 Å². The van der Waals surface area contributed by atoms with Crippen LogP contribution in [0.3, 0.4) is 0 Å². The van der Waals surface area contributed by atoms with E-state index >= 15 is 0 Å². The van der Waals surface area contributed by atoms with Gasteiger partial charge >= 0.3 is 18.9 Å². The van der Waals surface area contributed by atoms with Crippen molar-refractivity contribution >= 4 is 0 Å². The summed E-state index contributed by atoms with van der Waals surface area (Å²) in [4.78, 5) is 0. The fourth-order valence-electron chi connectivity index (χ4n) is 0.302. The van der Waals surface area contributed by atoms with Crippen molar-refractivity contribution < 1.29 is 59.9 Å². The monoisotopic (exact) mass is 318 g/mol. The standard InChI is InChI=1S/C5H8O2.C3H8O2.C3H4O.BrH.Li/c1-3-4-7-5-6-2;1-4-3-5-2;1-2-3-4;;/h1H,4-5H2,2H3;3H2,1-2H3;1,4H,3H2;1H;/q;;;;+1/p-1. The Hall–Kier alpha value is -0.00260. The van der Waals surface area contributed by atoms with E-state index in [1.807, 2.05) is 5.92 Å². The van der Waals surface area contributed by atoms with Crippen LogP contribution in [0.4, 0.5) is 0 Å². The summed E-state index contributed by atoms with van der Waals surface area (Å²) >= 11 is 0. The van der Waals surface area contributed by atoms with Gasteiger partial charge in [0.15, 0.2) is 0 Å². The van der Waals surface area contributed by atoms with Crippen LogP contribution in [-0.2, 0) is 18.9 Å². The van der Waals surface area contributed by atoms with Crippen LogP contribution >= 0.6 is 0 Å². The third-order valence-electron chi connectivity index (χ3n) is 0.714. The van der Waals surface area contributed by atoms with Crippen molar-refractivity contribution in [1.82, 2.24) is 0 Å². The molecule has 0 unspecified atom stereocenters. The maximum Gasteiger partial charge on any atom is 1.00 e. The van der Waals surface area contributed by atoms with E-state index in [9.17, 15) is 0 Å². The summed E-state index contributed by atoms with van der Waals surface area (Å²) < 4.78 is 18.1. The molecule has 0 saturated heterocycles. The normalized spacial score (nSPS) is 6.56. The molecule has 0 amide bonds. The molecule has 0 heterocycles. The van der Waals surface area contributed by atoms with Gasteiger partial charge in [0.1, 0.15) is 26.8 Å². The van der Waals surface area contributed by atoms with Crippen molar-refractivity contribution in [3.63, 3.8) is 0 Å². The van der Waals surface area contributed by atoms with Gasteiger partial charge < -0.3 is 41.0 Å². The van der Waals surface area contributed by atoms with Gasteiger partial charge in [0, 0.05) is 21.3 Å². The summed E-state index contributed by atoms with van der Waals surface area (Å²) in [6.45, 7) is 0.845. The minimum atomic E-state index is -0.153. The number of rotatable bonds is 5. The van der Waals surface area contributed by atoms with Gasteiger partial charge in [-0.3, -0.25) is 0 Å². The summed E-state index contributed by atoms with van der Waals surface area (Å²) in [5.74, 6) is 4.29. The number of methoxy groups -OCH3 is 3. The van der Waals surface area contributed by atoms with Crippen LogP contribution in [-0.4, -0.2) is 53.2 Å². The van der Waals surface area contributed by atoms with Gasteiger partial charge in [-0.1, -0.05) is 11.8 Å². The Bertz CT molecular complexity index is 177. The van der Waals surface area contributed by atoms with E-state index in [0.29, 0.717) is 13.4 Å². The first-order valence-corrected chi connectivity index (χ1v) is 4.27. The number of terminal acetylenes is 2. The van der Waals surface area contributed by atoms with Crippen molar-refractivity contribution in [2.24, 2.45) is 0 Å². The van der Waals surface area contributed by atoms with Gasteiger partial charge in [0.2, 0.25) is 0 Å². The molecule has 0 rings (SSSR count). The van der Waals surface area contributed by atoms with E-state index in [2.05, 4.69) is 31.3 Å². The molecule has 0 bridgehead atoms. The Balaban J connectivity index is -0.0000000463. The second kappa shape index (κ2) is 43.5. The van der Waals surface area contributed by atoms with Crippen LogP contribution in [0.2, 0.25) is 0 Å². The summed E-state index contributed by atoms with van der Waals surface area (Å²) in [5, 5.41) is 7.64. The SMILES string of the molecule is C#CCO.C#CCOCOC.COCOC.[Br-].[Li+]. The molecule has 0 aliphatic carbocycles. The third kappa shape index (κ3) is 73.5. The van der Waals surface area contributed by atoms with Crippen molar-refractivity contribution in [1.29, 1.82) is 0 Å². The van der Waals surface area contributed by atoms with Crippen LogP contribution in [0.25, 0.3) is 0 Å². The Labute approximate surface area is 132 Å². The van der Waals surface area contributed by atoms with Crippen LogP contribution < -0.4 is 35.8 Å². The van der Waals surface area contributed by atoms with Crippen molar-refractivity contribution in [2.75, 3.05) is 48.1 Å². The quantitative estimate of drug-likeness (QED) is 0.237. The molecule has 0 fully saturated rings. The summed E-state index contributed by atoms with van der Waals surface area (Å²) in [7, 11) is 4.73. The van der Waals surface area contributed by atoms with E-state index < -0.39 is 0 Å². The molecule has 0 aromatic rings. The third-order valence-corrected chi connectivity index (χ3v) is 0.714. The molecule has 5 nitrogen and oxygen atoms in total. The Morgan fingerprint density at radius 3 is 1.50 bits per heavy atom. The second-order valence-electron chi connectivity index (χ2n) is 2.02. The molecule has 0 radical (unpaired) electrons. The van der Waals surface area contributed by atoms with Gasteiger partial charge in [-0.05, 0) is 0 Å². The molecule has 0 spiro atoms. The van der Waals surface area contributed by atoms with Crippen LogP contribution in [0.1, 0.15) is 0 Å². The minimum Gasteiger partial charge on any atom is -1.00 e. The molecule has 0 saturated carbocycles. The number of halogens is 1. The van der Waals surface area contributed by atoms with Crippen molar-refractivity contribution in [2.45, 2.75) is 0 Å². The van der Waals surface area contributed by atoms with E-state index in [4.69, 9.17) is 11.5 Å². The van der Waals surface area contributed by atoms with Gasteiger partial charge in [-0.2, -0.15) is 0 Å². The fourth-order valence-corrected chi connectivity index (χ4v) is 0.302. The zero-order valence-corrected chi connectivity index (χ0v) is 13.0. The smallest absolute Gasteiger partial charge is 1.00 e. The molecule has 1 N–H and O–H groups in total. The Kier molecular flexibility index (Phi) is 74.4. The number of ether oxygens (including phenoxy) is 4. The van der Waals surface area contributed by atoms with Gasteiger partial charge in [0.25, 0.3) is 0 Å². The van der Waals surface area contributed by atoms with Crippen molar-refractivity contribution in [3.8, 4) is 24.7 Å². The molecule has 0 aliphatic heterocycles. The summed E-state index contributed by atoms with van der Waals surface area (Å²) in [5.41, 5.74) is 0. The molecular weight excluding hydrogens is 299 g/mol. The molecule has 0 aliphatic rings. The maximum atomic E-state index is 7.64. The minimum absolute atomic E-state index is 0. The molecule has 0 aromatic heterocycles. The molecule has 0 atom stereocenters. The number of hydrogen-bond acceptors (Lipinski definition) is 5. The number of aliphatic hydroxyl groups excluding tert-OH is 1. The molecule has 0 aromatic carbocycles. The Morgan fingerprint density at radius 2 is 1.33 bits per heavy atom. The second-order valence-corrected chi connectivity index (χ2v) is 2.02. The topological polar surface area (TPSA) is 57.2 Å². The molecule has 18 heavy (non-hydrogen) atoms. The largest absolute Gasteiger partial charge is 1.00 e. The first-order chi connectivity index (χ1) is 7.74. The van der Waals surface area contributed by atoms with E-state index in [-0.39, 0.29) is 49.2 Å². The van der Waals surface area contributed by atoms with Crippen molar-refractivity contribution in [3.05, 3.63) is 0 Å². The van der Waals surface area contributed by atoms with E-state index in [1.165, 1.54) is 0 Å². The van der Waals surface area contributed by atoms with Crippen LogP contribution in [0.15, 0.2) is 0 Å². The van der Waals surface area contributed by atoms with E-state index in [1.54, 1.807) is 21.3 Å². The van der Waals surface area contributed by atoms with E-state index in [0.717, 1.165) is 0 Å². The fraction of sp³-hybridized carbons (Fsp3) is 0.636. The van der Waals surface area contributed by atoms with Crippen LogP contribution in [0, 0.1) is 24.7 Å². The zero-order valence-electron chi connectivity index (χ0n) is 11.4. The maximum absolute atomic E-state index is 7.64. The summed E-state index contributed by atoms with van der Waals surface area (Å²) in [6, 6.07) is 0. The predicted molar refractivity (Wildman–Crippen MR) is 61.5 cm³/mol. The average Bonchev–Trinajstić information content (AvgIpc) is 2.32.